The van der Waals surface area contributed by atoms with Crippen LogP contribution in [0, 0.1) is 0 Å². The van der Waals surface area contributed by atoms with E-state index in [1.165, 1.54) is 18.3 Å². The first-order valence-electron chi connectivity index (χ1n) is 8.54. The highest BCUT2D eigenvalue weighted by atomic mass is 35.5. The smallest absolute Gasteiger partial charge is 0.262 e. The molecule has 0 saturated carbocycles. The Kier molecular flexibility index (Phi) is 7.45. The van der Waals surface area contributed by atoms with Gasteiger partial charge in [0.15, 0.2) is 5.13 Å². The largest absolute Gasteiger partial charge is 0.356 e. The molecule has 1 atom stereocenters. The number of thiazole rings is 1. The fourth-order valence-corrected chi connectivity index (χ4v) is 3.50. The fraction of sp³-hybridized carbons (Fsp3) is 0.389. The summed E-state index contributed by atoms with van der Waals surface area (Å²) in [4.78, 5) is 27.3. The van der Waals surface area contributed by atoms with Gasteiger partial charge in [-0.25, -0.2) is 13.8 Å². The highest BCUT2D eigenvalue weighted by molar-refractivity contribution is 7.14. The van der Waals surface area contributed by atoms with E-state index in [9.17, 15) is 18.4 Å². The number of alkyl halides is 2. The summed E-state index contributed by atoms with van der Waals surface area (Å²) in [5.74, 6) is -3.40. The summed E-state index contributed by atoms with van der Waals surface area (Å²) in [7, 11) is 0. The number of halogens is 3. The molecule has 3 N–H and O–H groups in total. The lowest BCUT2D eigenvalue weighted by Crippen LogP contribution is -2.35. The third kappa shape index (κ3) is 5.95. The van der Waals surface area contributed by atoms with Gasteiger partial charge in [0.2, 0.25) is 11.8 Å². The van der Waals surface area contributed by atoms with Gasteiger partial charge in [0.1, 0.15) is 0 Å². The Morgan fingerprint density at radius 2 is 2.04 bits per heavy atom. The van der Waals surface area contributed by atoms with E-state index < -0.39 is 30.8 Å². The predicted molar refractivity (Wildman–Crippen MR) is 107 cm³/mol. The van der Waals surface area contributed by atoms with Crippen molar-refractivity contribution in [2.75, 3.05) is 18.4 Å². The van der Waals surface area contributed by atoms with E-state index >= 15 is 0 Å². The summed E-state index contributed by atoms with van der Waals surface area (Å²) in [5, 5.41) is 10.0. The number of rotatable bonds is 6. The molecule has 152 valence electrons. The van der Waals surface area contributed by atoms with Crippen LogP contribution in [0.4, 0.5) is 13.9 Å². The second-order valence-electron chi connectivity index (χ2n) is 6.45. The lowest BCUT2D eigenvalue weighted by Gasteiger charge is -2.09. The van der Waals surface area contributed by atoms with Gasteiger partial charge < -0.3 is 10.6 Å². The highest BCUT2D eigenvalue weighted by Crippen LogP contribution is 2.28. The van der Waals surface area contributed by atoms with Crippen LogP contribution in [0.3, 0.4) is 0 Å². The molecule has 3 rings (SSSR count). The number of carbonyl (C=O) groups is 2. The lowest BCUT2D eigenvalue weighted by atomic mass is 10.1. The van der Waals surface area contributed by atoms with E-state index in [0.717, 1.165) is 17.5 Å². The molecule has 10 heteroatoms. The number of hydrogen-bond donors (Lipinski definition) is 3. The van der Waals surface area contributed by atoms with Crippen molar-refractivity contribution in [3.8, 4) is 11.3 Å². The van der Waals surface area contributed by atoms with E-state index in [4.69, 9.17) is 0 Å². The summed E-state index contributed by atoms with van der Waals surface area (Å²) in [6, 6.07) is 6.85. The molecule has 0 radical (unpaired) electrons. The number of amides is 2. The van der Waals surface area contributed by atoms with Crippen LogP contribution in [-0.4, -0.2) is 41.9 Å². The van der Waals surface area contributed by atoms with Crippen molar-refractivity contribution in [3.63, 3.8) is 0 Å². The first-order valence-corrected chi connectivity index (χ1v) is 9.42. The standard InChI is InChI=1S/C18H20F2N4O2S.ClH/c1-11(25)21-7-6-12-2-4-13(5-3-12)15-9-27-17(23-15)24-16(26)14-8-18(19,20)10-22-14;/h2-5,9,14,22H,6-8,10H2,1H3,(H,21,25)(H,23,24,26);1H. The zero-order chi connectivity index (χ0) is 19.4. The topological polar surface area (TPSA) is 83.1 Å². The Bertz CT molecular complexity index is 829. The van der Waals surface area contributed by atoms with Gasteiger partial charge in [-0.2, -0.15) is 0 Å². The molecule has 2 aromatic rings. The summed E-state index contributed by atoms with van der Waals surface area (Å²) in [6.07, 6.45) is 0.230. The molecule has 0 bridgehead atoms. The second kappa shape index (κ2) is 9.40. The average molecular weight is 431 g/mol. The molecule has 1 aromatic heterocycles. The number of aromatic nitrogens is 1. The van der Waals surface area contributed by atoms with Gasteiger partial charge in [-0.05, 0) is 12.0 Å². The zero-order valence-corrected chi connectivity index (χ0v) is 16.8. The van der Waals surface area contributed by atoms with Crippen molar-refractivity contribution in [1.82, 2.24) is 15.6 Å². The molecule has 1 unspecified atom stereocenters. The number of hydrogen-bond acceptors (Lipinski definition) is 5. The van der Waals surface area contributed by atoms with Crippen LogP contribution in [0.15, 0.2) is 29.6 Å². The minimum atomic E-state index is -2.85. The van der Waals surface area contributed by atoms with Crippen LogP contribution in [0.25, 0.3) is 11.3 Å². The van der Waals surface area contributed by atoms with Gasteiger partial charge >= 0.3 is 0 Å². The minimum absolute atomic E-state index is 0. The maximum atomic E-state index is 13.2. The number of benzene rings is 1. The van der Waals surface area contributed by atoms with Crippen LogP contribution in [0.1, 0.15) is 18.9 Å². The molecule has 0 aliphatic carbocycles. The summed E-state index contributed by atoms with van der Waals surface area (Å²) < 4.78 is 26.4. The summed E-state index contributed by atoms with van der Waals surface area (Å²) in [6.45, 7) is 1.58. The Hall–Kier alpha value is -2.10. The van der Waals surface area contributed by atoms with E-state index in [-0.39, 0.29) is 18.3 Å². The van der Waals surface area contributed by atoms with E-state index in [1.54, 1.807) is 5.38 Å². The van der Waals surface area contributed by atoms with Crippen LogP contribution in [-0.2, 0) is 16.0 Å². The Morgan fingerprint density at radius 1 is 1.32 bits per heavy atom. The predicted octanol–water partition coefficient (Wildman–Crippen LogP) is 2.85. The highest BCUT2D eigenvalue weighted by Gasteiger charge is 2.42. The van der Waals surface area contributed by atoms with Crippen molar-refractivity contribution in [3.05, 3.63) is 35.2 Å². The SMILES string of the molecule is CC(=O)NCCc1ccc(-c2csc(NC(=O)C3CC(F)(F)CN3)n2)cc1.Cl. The zero-order valence-electron chi connectivity index (χ0n) is 15.1. The van der Waals surface area contributed by atoms with Crippen molar-refractivity contribution in [1.29, 1.82) is 0 Å². The quantitative estimate of drug-likeness (QED) is 0.658. The van der Waals surface area contributed by atoms with Crippen LogP contribution in [0.5, 0.6) is 0 Å². The Morgan fingerprint density at radius 3 is 2.64 bits per heavy atom. The van der Waals surface area contributed by atoms with Crippen molar-refractivity contribution < 1.29 is 18.4 Å². The van der Waals surface area contributed by atoms with E-state index in [0.29, 0.717) is 17.4 Å². The maximum absolute atomic E-state index is 13.2. The first kappa shape index (κ1) is 22.2. The van der Waals surface area contributed by atoms with Gasteiger partial charge in [0, 0.05) is 30.8 Å². The lowest BCUT2D eigenvalue weighted by molar-refractivity contribution is -0.119. The van der Waals surface area contributed by atoms with Crippen LogP contribution in [0.2, 0.25) is 0 Å². The van der Waals surface area contributed by atoms with Gasteiger partial charge in [-0.3, -0.25) is 14.9 Å². The molecule has 28 heavy (non-hydrogen) atoms. The van der Waals surface area contributed by atoms with Crippen LogP contribution >= 0.6 is 23.7 Å². The van der Waals surface area contributed by atoms with E-state index in [1.807, 2.05) is 24.3 Å². The van der Waals surface area contributed by atoms with Crippen molar-refractivity contribution in [2.45, 2.75) is 31.7 Å². The van der Waals surface area contributed by atoms with Gasteiger partial charge in [0.25, 0.3) is 5.92 Å². The third-order valence-corrected chi connectivity index (χ3v) is 4.96. The molecule has 1 aliphatic heterocycles. The molecule has 2 heterocycles. The molecule has 1 fully saturated rings. The molecule has 0 spiro atoms. The van der Waals surface area contributed by atoms with Crippen molar-refractivity contribution >= 4 is 40.7 Å². The number of anilines is 1. The molecular weight excluding hydrogens is 410 g/mol. The fourth-order valence-electron chi connectivity index (χ4n) is 2.78. The summed E-state index contributed by atoms with van der Waals surface area (Å²) in [5.41, 5.74) is 2.68. The van der Waals surface area contributed by atoms with Crippen LogP contribution < -0.4 is 16.0 Å². The third-order valence-electron chi connectivity index (χ3n) is 4.20. The molecule has 1 saturated heterocycles. The summed E-state index contributed by atoms with van der Waals surface area (Å²) >= 11 is 1.25. The molecule has 2 amide bonds. The van der Waals surface area contributed by atoms with Gasteiger partial charge in [-0.1, -0.05) is 24.3 Å². The number of carbonyl (C=O) groups excluding carboxylic acids is 2. The molecule has 1 aliphatic rings. The first-order chi connectivity index (χ1) is 12.8. The average Bonchev–Trinajstić information content (AvgIpc) is 3.21. The number of nitrogens with one attached hydrogen (secondary N) is 3. The van der Waals surface area contributed by atoms with Gasteiger partial charge in [0.05, 0.1) is 18.3 Å². The number of nitrogens with zero attached hydrogens (tertiary/aromatic N) is 1. The van der Waals surface area contributed by atoms with Gasteiger partial charge in [-0.15, -0.1) is 23.7 Å². The van der Waals surface area contributed by atoms with E-state index in [2.05, 4.69) is 20.9 Å². The minimum Gasteiger partial charge on any atom is -0.356 e. The monoisotopic (exact) mass is 430 g/mol. The Balaban J connectivity index is 0.00000280. The molecular formula is C18H21ClF2N4O2S. The Labute approximate surface area is 171 Å². The maximum Gasteiger partial charge on any atom is 0.262 e. The molecule has 1 aromatic carbocycles. The normalized spacial score (nSPS) is 17.6. The molecule has 6 nitrogen and oxygen atoms in total. The second-order valence-corrected chi connectivity index (χ2v) is 7.31. The van der Waals surface area contributed by atoms with Crippen molar-refractivity contribution in [2.24, 2.45) is 0 Å².